The van der Waals surface area contributed by atoms with Gasteiger partial charge in [0.2, 0.25) is 11.7 Å². The monoisotopic (exact) mass is 307 g/mol. The van der Waals surface area contributed by atoms with Crippen molar-refractivity contribution in [1.29, 1.82) is 0 Å². The second-order valence-electron chi connectivity index (χ2n) is 5.44. The molecule has 2 aromatic rings. The Morgan fingerprint density at radius 3 is 2.90 bits per heavy atom. The predicted octanol–water partition coefficient (Wildman–Crippen LogP) is 3.38. The third-order valence-corrected chi connectivity index (χ3v) is 5.00. The molecular weight excluding hydrogens is 286 g/mol. The summed E-state index contributed by atoms with van der Waals surface area (Å²) in [6.45, 7) is 2.66. The molecule has 0 spiro atoms. The lowest BCUT2D eigenvalue weighted by molar-refractivity contribution is -0.0777. The fourth-order valence-electron chi connectivity index (χ4n) is 2.97. The first-order chi connectivity index (χ1) is 10.2. The zero-order valence-corrected chi connectivity index (χ0v) is 13.1. The minimum atomic E-state index is -0.385. The van der Waals surface area contributed by atoms with Gasteiger partial charge in [-0.25, -0.2) is 0 Å². The van der Waals surface area contributed by atoms with Crippen molar-refractivity contribution in [3.8, 4) is 0 Å². The molecule has 0 aromatic carbocycles. The minimum Gasteiger partial charge on any atom is -0.367 e. The van der Waals surface area contributed by atoms with Gasteiger partial charge in [0.25, 0.3) is 0 Å². The first-order valence-corrected chi connectivity index (χ1v) is 8.40. The molecule has 21 heavy (non-hydrogen) atoms. The molecule has 0 radical (unpaired) electrons. The van der Waals surface area contributed by atoms with Crippen LogP contribution >= 0.6 is 11.3 Å². The number of nitrogens with two attached hydrogens (primary N) is 1. The molecule has 1 fully saturated rings. The SMILES string of the molecule is CCOC1(c2noc(C(N)c3cccs3)n2)CCCCC1. The molecule has 0 amide bonds. The summed E-state index contributed by atoms with van der Waals surface area (Å²) in [6.07, 6.45) is 5.43. The standard InChI is InChI=1S/C15H21N3O2S/c1-2-19-15(8-4-3-5-9-15)14-17-13(20-18-14)12(16)11-7-6-10-21-11/h6-7,10,12H,2-5,8-9,16H2,1H3. The van der Waals surface area contributed by atoms with Gasteiger partial charge in [-0.05, 0) is 31.2 Å². The predicted molar refractivity (Wildman–Crippen MR) is 81.0 cm³/mol. The molecule has 2 aromatic heterocycles. The van der Waals surface area contributed by atoms with Gasteiger partial charge in [-0.15, -0.1) is 11.3 Å². The highest BCUT2D eigenvalue weighted by Gasteiger charge is 2.39. The van der Waals surface area contributed by atoms with Crippen LogP contribution in [0.25, 0.3) is 0 Å². The van der Waals surface area contributed by atoms with E-state index >= 15 is 0 Å². The van der Waals surface area contributed by atoms with Crippen LogP contribution in [0.5, 0.6) is 0 Å². The molecular formula is C15H21N3O2S. The summed E-state index contributed by atoms with van der Waals surface area (Å²) < 4.78 is 11.4. The summed E-state index contributed by atoms with van der Waals surface area (Å²) in [5.41, 5.74) is 5.81. The second kappa shape index (κ2) is 6.25. The van der Waals surface area contributed by atoms with Crippen LogP contribution in [0.3, 0.4) is 0 Å². The van der Waals surface area contributed by atoms with Crippen molar-refractivity contribution in [2.24, 2.45) is 5.73 Å². The first kappa shape index (κ1) is 14.7. The number of ether oxygens (including phenoxy) is 1. The maximum Gasteiger partial charge on any atom is 0.249 e. The van der Waals surface area contributed by atoms with Crippen molar-refractivity contribution in [3.63, 3.8) is 0 Å². The molecule has 5 nitrogen and oxygen atoms in total. The first-order valence-electron chi connectivity index (χ1n) is 7.52. The fourth-order valence-corrected chi connectivity index (χ4v) is 3.69. The van der Waals surface area contributed by atoms with Crippen LogP contribution in [-0.2, 0) is 10.3 Å². The van der Waals surface area contributed by atoms with Gasteiger partial charge in [-0.2, -0.15) is 4.98 Å². The van der Waals surface area contributed by atoms with Gasteiger partial charge < -0.3 is 15.0 Å². The van der Waals surface area contributed by atoms with Crippen LogP contribution < -0.4 is 5.73 Å². The average Bonchev–Trinajstić information content (AvgIpc) is 3.20. The lowest BCUT2D eigenvalue weighted by Crippen LogP contribution is -2.33. The van der Waals surface area contributed by atoms with E-state index < -0.39 is 0 Å². The summed E-state index contributed by atoms with van der Waals surface area (Å²) in [5.74, 6) is 1.13. The molecule has 1 atom stereocenters. The number of aromatic nitrogens is 2. The number of thiophene rings is 1. The Kier molecular flexibility index (Phi) is 4.37. The Morgan fingerprint density at radius 2 is 2.24 bits per heavy atom. The molecule has 1 saturated carbocycles. The maximum absolute atomic E-state index is 6.19. The van der Waals surface area contributed by atoms with E-state index in [0.717, 1.165) is 30.6 Å². The van der Waals surface area contributed by atoms with Crippen molar-refractivity contribution in [3.05, 3.63) is 34.1 Å². The zero-order valence-electron chi connectivity index (χ0n) is 12.2. The van der Waals surface area contributed by atoms with Crippen molar-refractivity contribution >= 4 is 11.3 Å². The fraction of sp³-hybridized carbons (Fsp3) is 0.600. The van der Waals surface area contributed by atoms with Gasteiger partial charge >= 0.3 is 0 Å². The van der Waals surface area contributed by atoms with E-state index in [-0.39, 0.29) is 11.6 Å². The summed E-state index contributed by atoms with van der Waals surface area (Å²) >= 11 is 1.60. The summed E-state index contributed by atoms with van der Waals surface area (Å²) in [5, 5.41) is 6.17. The summed E-state index contributed by atoms with van der Waals surface area (Å²) in [4.78, 5) is 5.59. The quantitative estimate of drug-likeness (QED) is 0.916. The number of hydrogen-bond donors (Lipinski definition) is 1. The van der Waals surface area contributed by atoms with Crippen molar-refractivity contribution in [1.82, 2.24) is 10.1 Å². The summed E-state index contributed by atoms with van der Waals surface area (Å²) in [6, 6.07) is 3.60. The molecule has 1 aliphatic carbocycles. The largest absolute Gasteiger partial charge is 0.367 e. The van der Waals surface area contributed by atoms with Crippen LogP contribution in [0.2, 0.25) is 0 Å². The van der Waals surface area contributed by atoms with E-state index in [0.29, 0.717) is 18.3 Å². The summed E-state index contributed by atoms with van der Waals surface area (Å²) in [7, 11) is 0. The van der Waals surface area contributed by atoms with E-state index in [9.17, 15) is 0 Å². The molecule has 2 N–H and O–H groups in total. The van der Waals surface area contributed by atoms with Gasteiger partial charge in [-0.1, -0.05) is 30.5 Å². The lowest BCUT2D eigenvalue weighted by Gasteiger charge is -2.33. The molecule has 1 aliphatic rings. The van der Waals surface area contributed by atoms with Crippen LogP contribution in [0.15, 0.2) is 22.0 Å². The minimum absolute atomic E-state index is 0.353. The van der Waals surface area contributed by atoms with Crippen LogP contribution in [-0.4, -0.2) is 16.7 Å². The molecule has 6 heteroatoms. The maximum atomic E-state index is 6.19. The van der Waals surface area contributed by atoms with Gasteiger partial charge in [0.05, 0.1) is 0 Å². The smallest absolute Gasteiger partial charge is 0.249 e. The Hall–Kier alpha value is -1.24. The van der Waals surface area contributed by atoms with Gasteiger partial charge in [0, 0.05) is 11.5 Å². The highest BCUT2D eigenvalue weighted by atomic mass is 32.1. The van der Waals surface area contributed by atoms with E-state index in [1.165, 1.54) is 6.42 Å². The molecule has 1 unspecified atom stereocenters. The number of rotatable bonds is 5. The number of hydrogen-bond acceptors (Lipinski definition) is 6. The zero-order chi connectivity index (χ0) is 14.7. The van der Waals surface area contributed by atoms with Gasteiger partial charge in [-0.3, -0.25) is 0 Å². The van der Waals surface area contributed by atoms with E-state index in [1.807, 2.05) is 24.4 Å². The Bertz CT molecular complexity index is 556. The van der Waals surface area contributed by atoms with Crippen molar-refractivity contribution in [2.75, 3.05) is 6.61 Å². The van der Waals surface area contributed by atoms with Gasteiger partial charge in [0.15, 0.2) is 0 Å². The Morgan fingerprint density at radius 1 is 1.43 bits per heavy atom. The van der Waals surface area contributed by atoms with E-state index in [1.54, 1.807) is 11.3 Å². The highest BCUT2D eigenvalue weighted by Crippen LogP contribution is 2.39. The third-order valence-electron chi connectivity index (χ3n) is 4.05. The molecule has 114 valence electrons. The highest BCUT2D eigenvalue weighted by molar-refractivity contribution is 7.10. The lowest BCUT2D eigenvalue weighted by atomic mass is 9.84. The molecule has 3 rings (SSSR count). The van der Waals surface area contributed by atoms with E-state index in [2.05, 4.69) is 10.1 Å². The molecule has 2 heterocycles. The molecule has 0 saturated heterocycles. The third kappa shape index (κ3) is 2.88. The average molecular weight is 307 g/mol. The Balaban J connectivity index is 1.85. The Labute approximate surface area is 128 Å². The van der Waals surface area contributed by atoms with Crippen LogP contribution in [0.1, 0.15) is 61.7 Å². The number of nitrogens with zero attached hydrogens (tertiary/aromatic N) is 2. The van der Waals surface area contributed by atoms with E-state index in [4.69, 9.17) is 15.0 Å². The van der Waals surface area contributed by atoms with Crippen molar-refractivity contribution < 1.29 is 9.26 Å². The van der Waals surface area contributed by atoms with Gasteiger partial charge in [0.1, 0.15) is 11.6 Å². The molecule has 0 bridgehead atoms. The topological polar surface area (TPSA) is 74.2 Å². The van der Waals surface area contributed by atoms with Crippen molar-refractivity contribution in [2.45, 2.75) is 50.7 Å². The second-order valence-corrected chi connectivity index (χ2v) is 6.42. The molecule has 0 aliphatic heterocycles. The normalized spacial score (nSPS) is 19.5. The van der Waals surface area contributed by atoms with Crippen LogP contribution in [0, 0.1) is 0 Å². The van der Waals surface area contributed by atoms with Crippen LogP contribution in [0.4, 0.5) is 0 Å².